The third-order valence-electron chi connectivity index (χ3n) is 14.4. The van der Waals surface area contributed by atoms with Crippen molar-refractivity contribution in [3.8, 4) is 73.2 Å². The van der Waals surface area contributed by atoms with Crippen LogP contribution in [0.1, 0.15) is 51.3 Å². The Kier molecular flexibility index (Phi) is 9.06. The molecule has 0 atom stereocenters. The largest absolute Gasteiger partial charge is 0.455 e. The van der Waals surface area contributed by atoms with Crippen molar-refractivity contribution in [2.24, 2.45) is 0 Å². The van der Waals surface area contributed by atoms with Gasteiger partial charge in [-0.2, -0.15) is 0 Å². The standard InChI is InChI=1S/C64H48N4O/c1-63(2,3)52-25-15-27-54-57(52)68-55-37-36-45(38-51(55)47-21-14-26-53(56(47)68)64(54,4)5)46-20-12-22-48-49-23-13-24-50(59(49)69-58(46)48)62-66-60(43-32-28-41(29-33-43)39-16-8-6-9-17-39)65-61(67-62)44-34-30-42(31-35-44)40-18-10-7-11-19-40/h6-38H,1-5H3. The molecular weight excluding hydrogens is 841 g/mol. The van der Waals surface area contributed by atoms with Gasteiger partial charge in [-0.15, -0.1) is 0 Å². The first-order valence-electron chi connectivity index (χ1n) is 23.8. The summed E-state index contributed by atoms with van der Waals surface area (Å²) in [6.45, 7) is 11.7. The Bertz CT molecular complexity index is 3880. The molecule has 0 spiro atoms. The van der Waals surface area contributed by atoms with Crippen molar-refractivity contribution in [1.29, 1.82) is 0 Å². The Morgan fingerprint density at radius 2 is 0.884 bits per heavy atom. The normalized spacial score (nSPS) is 13.1. The van der Waals surface area contributed by atoms with Crippen molar-refractivity contribution in [1.82, 2.24) is 19.5 Å². The van der Waals surface area contributed by atoms with Gasteiger partial charge >= 0.3 is 0 Å². The van der Waals surface area contributed by atoms with E-state index in [1.807, 2.05) is 12.1 Å². The van der Waals surface area contributed by atoms with Crippen LogP contribution in [0, 0.1) is 0 Å². The number of hydrogen-bond acceptors (Lipinski definition) is 4. The summed E-state index contributed by atoms with van der Waals surface area (Å²) in [5, 5.41) is 4.54. The van der Waals surface area contributed by atoms with Crippen molar-refractivity contribution < 1.29 is 4.42 Å². The molecule has 0 radical (unpaired) electrons. The van der Waals surface area contributed by atoms with E-state index >= 15 is 0 Å². The van der Waals surface area contributed by atoms with Gasteiger partial charge in [-0.25, -0.2) is 15.0 Å². The minimum absolute atomic E-state index is 0.0426. The molecule has 9 aromatic carbocycles. The molecule has 3 aromatic heterocycles. The number of hydrogen-bond donors (Lipinski definition) is 0. The Balaban J connectivity index is 0.969. The molecule has 0 N–H and O–H groups in total. The van der Waals surface area contributed by atoms with Crippen LogP contribution in [0.5, 0.6) is 0 Å². The highest BCUT2D eigenvalue weighted by Crippen LogP contribution is 2.51. The molecule has 0 unspecified atom stereocenters. The van der Waals surface area contributed by atoms with Crippen LogP contribution >= 0.6 is 0 Å². The summed E-state index contributed by atoms with van der Waals surface area (Å²) in [4.78, 5) is 15.6. The lowest BCUT2D eigenvalue weighted by molar-refractivity contribution is 0.573. The lowest BCUT2D eigenvalue weighted by atomic mass is 9.72. The molecule has 12 aromatic rings. The second kappa shape index (κ2) is 15.3. The summed E-state index contributed by atoms with van der Waals surface area (Å²) >= 11 is 0. The topological polar surface area (TPSA) is 56.7 Å². The van der Waals surface area contributed by atoms with E-state index in [0.717, 1.165) is 72.0 Å². The van der Waals surface area contributed by atoms with Gasteiger partial charge in [0.25, 0.3) is 0 Å². The van der Waals surface area contributed by atoms with Crippen molar-refractivity contribution >= 4 is 43.7 Å². The van der Waals surface area contributed by atoms with Crippen LogP contribution in [0.25, 0.3) is 117 Å². The first-order valence-corrected chi connectivity index (χ1v) is 23.8. The van der Waals surface area contributed by atoms with E-state index < -0.39 is 0 Å². The molecule has 1 aliphatic heterocycles. The van der Waals surface area contributed by atoms with Crippen LogP contribution in [0.15, 0.2) is 205 Å². The Morgan fingerprint density at radius 1 is 0.406 bits per heavy atom. The minimum atomic E-state index is -0.166. The van der Waals surface area contributed by atoms with E-state index in [4.69, 9.17) is 19.4 Å². The second-order valence-corrected chi connectivity index (χ2v) is 20.0. The molecule has 5 nitrogen and oxygen atoms in total. The first kappa shape index (κ1) is 40.8. The number of para-hydroxylation sites is 4. The predicted octanol–water partition coefficient (Wildman–Crippen LogP) is 16.8. The van der Waals surface area contributed by atoms with Gasteiger partial charge in [0.2, 0.25) is 0 Å². The Morgan fingerprint density at radius 3 is 1.49 bits per heavy atom. The van der Waals surface area contributed by atoms with E-state index in [2.05, 4.69) is 227 Å². The van der Waals surface area contributed by atoms with Gasteiger partial charge in [-0.05, 0) is 68.1 Å². The SMILES string of the molecule is CC(C)(C)c1cccc2c1-n1c3ccc(-c4cccc5c4oc4c(-c6nc(-c7ccc(-c8ccccc8)cc7)nc(-c7ccc(-c8ccccc8)cc7)n6)cccc45)cc3c3cccc(c31)C2(C)C. The molecule has 0 amide bonds. The molecule has 330 valence electrons. The lowest BCUT2D eigenvalue weighted by Gasteiger charge is -2.38. The average molecular weight is 889 g/mol. The Labute approximate surface area is 401 Å². The van der Waals surface area contributed by atoms with Crippen LogP contribution in [0.2, 0.25) is 0 Å². The molecule has 0 saturated carbocycles. The summed E-state index contributed by atoms with van der Waals surface area (Å²) in [6.07, 6.45) is 0. The maximum absolute atomic E-state index is 7.12. The summed E-state index contributed by atoms with van der Waals surface area (Å²) in [6, 6.07) is 71.2. The molecular formula is C64H48N4O. The van der Waals surface area contributed by atoms with Crippen LogP contribution in [-0.2, 0) is 10.8 Å². The second-order valence-electron chi connectivity index (χ2n) is 20.0. The third kappa shape index (κ3) is 6.48. The van der Waals surface area contributed by atoms with Gasteiger partial charge < -0.3 is 8.98 Å². The number of benzene rings is 9. The van der Waals surface area contributed by atoms with Crippen molar-refractivity contribution in [2.75, 3.05) is 0 Å². The van der Waals surface area contributed by atoms with Gasteiger partial charge in [-0.3, -0.25) is 0 Å². The van der Waals surface area contributed by atoms with E-state index in [1.165, 1.54) is 44.2 Å². The smallest absolute Gasteiger partial charge is 0.167 e. The number of nitrogens with zero attached hydrogens (tertiary/aromatic N) is 4. The van der Waals surface area contributed by atoms with Crippen LogP contribution in [-0.4, -0.2) is 19.5 Å². The molecule has 0 saturated heterocycles. The van der Waals surface area contributed by atoms with E-state index in [1.54, 1.807) is 0 Å². The fourth-order valence-electron chi connectivity index (χ4n) is 10.9. The zero-order valence-corrected chi connectivity index (χ0v) is 39.2. The van der Waals surface area contributed by atoms with Crippen LogP contribution < -0.4 is 0 Å². The molecule has 0 bridgehead atoms. The fraction of sp³-hybridized carbons (Fsp3) is 0.109. The van der Waals surface area contributed by atoms with Crippen LogP contribution in [0.4, 0.5) is 0 Å². The zero-order valence-electron chi connectivity index (χ0n) is 39.2. The number of rotatable bonds is 6. The van der Waals surface area contributed by atoms with E-state index in [-0.39, 0.29) is 10.8 Å². The van der Waals surface area contributed by atoms with Gasteiger partial charge in [0.15, 0.2) is 17.5 Å². The van der Waals surface area contributed by atoms with Gasteiger partial charge in [-0.1, -0.05) is 217 Å². The monoisotopic (exact) mass is 888 g/mol. The molecule has 1 aliphatic rings. The summed E-state index contributed by atoms with van der Waals surface area (Å²) in [5.41, 5.74) is 18.6. The van der Waals surface area contributed by atoms with E-state index in [9.17, 15) is 0 Å². The average Bonchev–Trinajstić information content (AvgIpc) is 3.94. The van der Waals surface area contributed by atoms with Crippen molar-refractivity contribution in [2.45, 2.75) is 45.4 Å². The van der Waals surface area contributed by atoms with Gasteiger partial charge in [0.1, 0.15) is 11.2 Å². The van der Waals surface area contributed by atoms with Crippen molar-refractivity contribution in [3.05, 3.63) is 217 Å². The molecule has 5 heteroatoms. The molecule has 69 heavy (non-hydrogen) atoms. The maximum Gasteiger partial charge on any atom is 0.167 e. The lowest BCUT2D eigenvalue weighted by Crippen LogP contribution is -2.29. The van der Waals surface area contributed by atoms with Crippen molar-refractivity contribution in [3.63, 3.8) is 0 Å². The Hall–Kier alpha value is -8.41. The minimum Gasteiger partial charge on any atom is -0.455 e. The summed E-state index contributed by atoms with van der Waals surface area (Å²) in [7, 11) is 0. The molecule has 0 fully saturated rings. The zero-order chi connectivity index (χ0) is 46.6. The highest BCUT2D eigenvalue weighted by atomic mass is 16.3. The molecule has 13 rings (SSSR count). The number of furan rings is 1. The number of fused-ring (bicyclic) bond motifs is 8. The predicted molar refractivity (Wildman–Crippen MR) is 285 cm³/mol. The molecule has 4 heterocycles. The van der Waals surface area contributed by atoms with E-state index in [0.29, 0.717) is 17.5 Å². The summed E-state index contributed by atoms with van der Waals surface area (Å²) < 4.78 is 9.67. The fourth-order valence-corrected chi connectivity index (χ4v) is 10.9. The highest BCUT2D eigenvalue weighted by Gasteiger charge is 2.38. The summed E-state index contributed by atoms with van der Waals surface area (Å²) in [5.74, 6) is 1.74. The molecule has 0 aliphatic carbocycles. The van der Waals surface area contributed by atoms with Crippen LogP contribution in [0.3, 0.4) is 0 Å². The number of aromatic nitrogens is 4. The maximum atomic E-state index is 7.12. The highest BCUT2D eigenvalue weighted by molar-refractivity contribution is 6.15. The first-order chi connectivity index (χ1) is 33.6. The van der Waals surface area contributed by atoms with Gasteiger partial charge in [0.05, 0.1) is 22.3 Å². The van der Waals surface area contributed by atoms with Gasteiger partial charge in [0, 0.05) is 43.7 Å². The third-order valence-corrected chi connectivity index (χ3v) is 14.4. The quantitative estimate of drug-likeness (QED) is 0.167.